The highest BCUT2D eigenvalue weighted by Crippen LogP contribution is 2.45. The van der Waals surface area contributed by atoms with E-state index in [4.69, 9.17) is 5.26 Å². The molecule has 0 aliphatic heterocycles. The summed E-state index contributed by atoms with van der Waals surface area (Å²) in [5.74, 6) is 0.710. The number of rotatable bonds is 2. The van der Waals surface area contributed by atoms with Crippen LogP contribution in [0, 0.1) is 11.3 Å². The lowest BCUT2D eigenvalue weighted by atomic mass is 9.86. The molecule has 0 saturated heterocycles. The Morgan fingerprint density at radius 2 is 2.00 bits per heavy atom. The molecule has 3 rings (SSSR count). The summed E-state index contributed by atoms with van der Waals surface area (Å²) in [6.45, 7) is 4.52. The zero-order chi connectivity index (χ0) is 14.2. The Kier molecular flexibility index (Phi) is 2.90. The zero-order valence-electron chi connectivity index (χ0n) is 11.6. The first-order valence-electron chi connectivity index (χ1n) is 6.70. The average molecular weight is 264 g/mol. The largest absolute Gasteiger partial charge is 0.362 e. The maximum absolute atomic E-state index is 8.74. The van der Waals surface area contributed by atoms with Gasteiger partial charge in [-0.2, -0.15) is 5.26 Å². The maximum Gasteiger partial charge on any atom is 0.163 e. The van der Waals surface area contributed by atoms with E-state index in [0.29, 0.717) is 11.5 Å². The van der Waals surface area contributed by atoms with Gasteiger partial charge in [0, 0.05) is 0 Å². The maximum atomic E-state index is 8.74. The SMILES string of the molecule is CC1(C)CC(Nc2ccc(C#N)nn2)c2ccccc21. The molecule has 1 atom stereocenters. The molecule has 100 valence electrons. The quantitative estimate of drug-likeness (QED) is 0.905. The van der Waals surface area contributed by atoms with Crippen LogP contribution in [0.1, 0.15) is 43.1 Å². The Morgan fingerprint density at radius 3 is 2.70 bits per heavy atom. The Bertz CT molecular complexity index is 668. The Balaban J connectivity index is 1.87. The van der Waals surface area contributed by atoms with Gasteiger partial charge < -0.3 is 5.32 Å². The minimum Gasteiger partial charge on any atom is -0.362 e. The molecule has 1 aliphatic rings. The second-order valence-corrected chi connectivity index (χ2v) is 5.79. The number of nitrogens with zero attached hydrogens (tertiary/aromatic N) is 3. The van der Waals surface area contributed by atoms with Crippen molar-refractivity contribution in [1.82, 2.24) is 10.2 Å². The van der Waals surface area contributed by atoms with Crippen LogP contribution < -0.4 is 5.32 Å². The molecule has 1 aliphatic carbocycles. The Hall–Kier alpha value is -2.41. The average Bonchev–Trinajstić information content (AvgIpc) is 2.72. The van der Waals surface area contributed by atoms with Gasteiger partial charge in [-0.1, -0.05) is 38.1 Å². The zero-order valence-corrected chi connectivity index (χ0v) is 11.6. The van der Waals surface area contributed by atoms with Crippen LogP contribution in [0.3, 0.4) is 0 Å². The van der Waals surface area contributed by atoms with Crippen molar-refractivity contribution in [1.29, 1.82) is 5.26 Å². The minimum atomic E-state index is 0.161. The number of fused-ring (bicyclic) bond motifs is 1. The van der Waals surface area contributed by atoms with Crippen molar-refractivity contribution in [3.05, 3.63) is 53.2 Å². The summed E-state index contributed by atoms with van der Waals surface area (Å²) >= 11 is 0. The minimum absolute atomic E-state index is 0.161. The summed E-state index contributed by atoms with van der Waals surface area (Å²) in [5, 5.41) is 20.1. The number of nitrogens with one attached hydrogen (secondary N) is 1. The Labute approximate surface area is 118 Å². The normalized spacial score (nSPS) is 19.1. The van der Waals surface area contributed by atoms with Gasteiger partial charge in [0.1, 0.15) is 11.9 Å². The van der Waals surface area contributed by atoms with Crippen LogP contribution in [-0.2, 0) is 5.41 Å². The van der Waals surface area contributed by atoms with E-state index in [1.807, 2.05) is 6.07 Å². The molecule has 0 radical (unpaired) electrons. The number of nitriles is 1. The van der Waals surface area contributed by atoms with Crippen molar-refractivity contribution in [3.8, 4) is 6.07 Å². The van der Waals surface area contributed by atoms with E-state index < -0.39 is 0 Å². The predicted molar refractivity (Wildman–Crippen MR) is 77.2 cm³/mol. The second kappa shape index (κ2) is 4.61. The standard InChI is InChI=1S/C16H16N4/c1-16(2)9-14(12-5-3-4-6-13(12)16)18-15-8-7-11(10-17)19-20-15/h3-8,14H,9H2,1-2H3,(H,18,20). The molecule has 0 fully saturated rings. The topological polar surface area (TPSA) is 61.6 Å². The molecular formula is C16H16N4. The lowest BCUT2D eigenvalue weighted by molar-refractivity contribution is 0.493. The van der Waals surface area contributed by atoms with E-state index in [-0.39, 0.29) is 11.5 Å². The van der Waals surface area contributed by atoms with Crippen molar-refractivity contribution >= 4 is 5.82 Å². The van der Waals surface area contributed by atoms with Gasteiger partial charge in [-0.05, 0) is 35.1 Å². The number of anilines is 1. The van der Waals surface area contributed by atoms with Crippen molar-refractivity contribution in [3.63, 3.8) is 0 Å². The highest BCUT2D eigenvalue weighted by Gasteiger charge is 2.36. The fourth-order valence-corrected chi connectivity index (χ4v) is 2.92. The molecule has 1 aromatic carbocycles. The summed E-state index contributed by atoms with van der Waals surface area (Å²) < 4.78 is 0. The first-order chi connectivity index (χ1) is 9.60. The van der Waals surface area contributed by atoms with Crippen LogP contribution in [0.25, 0.3) is 0 Å². The third kappa shape index (κ3) is 2.12. The van der Waals surface area contributed by atoms with Crippen molar-refractivity contribution in [2.24, 2.45) is 0 Å². The van der Waals surface area contributed by atoms with E-state index in [2.05, 4.69) is 53.6 Å². The molecule has 1 unspecified atom stereocenters. The summed E-state index contributed by atoms with van der Waals surface area (Å²) in [7, 11) is 0. The van der Waals surface area contributed by atoms with Crippen molar-refractivity contribution in [2.75, 3.05) is 5.32 Å². The van der Waals surface area contributed by atoms with Crippen LogP contribution in [0.2, 0.25) is 0 Å². The summed E-state index contributed by atoms with van der Waals surface area (Å²) in [4.78, 5) is 0. The van der Waals surface area contributed by atoms with Gasteiger partial charge >= 0.3 is 0 Å². The van der Waals surface area contributed by atoms with Gasteiger partial charge in [0.2, 0.25) is 0 Å². The van der Waals surface area contributed by atoms with Crippen LogP contribution >= 0.6 is 0 Å². The first kappa shape index (κ1) is 12.6. The lowest BCUT2D eigenvalue weighted by Crippen LogP contribution is -2.15. The summed E-state index contributed by atoms with van der Waals surface area (Å²) in [6.07, 6.45) is 1.02. The number of hydrogen-bond donors (Lipinski definition) is 1. The van der Waals surface area contributed by atoms with E-state index in [1.54, 1.807) is 12.1 Å². The summed E-state index contributed by atoms with van der Waals surface area (Å²) in [5.41, 5.74) is 3.21. The van der Waals surface area contributed by atoms with Crippen LogP contribution in [-0.4, -0.2) is 10.2 Å². The molecule has 0 saturated carbocycles. The van der Waals surface area contributed by atoms with E-state index >= 15 is 0 Å². The fourth-order valence-electron chi connectivity index (χ4n) is 2.92. The lowest BCUT2D eigenvalue weighted by Gasteiger charge is -2.19. The van der Waals surface area contributed by atoms with Gasteiger partial charge in [0.05, 0.1) is 6.04 Å². The number of aromatic nitrogens is 2. The molecule has 1 heterocycles. The Morgan fingerprint density at radius 1 is 1.20 bits per heavy atom. The molecule has 4 nitrogen and oxygen atoms in total. The molecule has 20 heavy (non-hydrogen) atoms. The number of benzene rings is 1. The molecule has 4 heteroatoms. The molecule has 2 aromatic rings. The predicted octanol–water partition coefficient (Wildman–Crippen LogP) is 3.18. The highest BCUT2D eigenvalue weighted by molar-refractivity contribution is 5.47. The highest BCUT2D eigenvalue weighted by atomic mass is 15.2. The van der Waals surface area contributed by atoms with Crippen molar-refractivity contribution < 1.29 is 0 Å². The van der Waals surface area contributed by atoms with Gasteiger partial charge in [0.15, 0.2) is 5.69 Å². The molecular weight excluding hydrogens is 248 g/mol. The third-order valence-corrected chi connectivity index (χ3v) is 3.88. The van der Waals surface area contributed by atoms with Gasteiger partial charge in [0.25, 0.3) is 0 Å². The molecule has 0 bridgehead atoms. The smallest absolute Gasteiger partial charge is 0.163 e. The third-order valence-electron chi connectivity index (χ3n) is 3.88. The second-order valence-electron chi connectivity index (χ2n) is 5.79. The van der Waals surface area contributed by atoms with Crippen LogP contribution in [0.15, 0.2) is 36.4 Å². The molecule has 0 spiro atoms. The monoisotopic (exact) mass is 264 g/mol. The fraction of sp³-hybridized carbons (Fsp3) is 0.312. The van der Waals surface area contributed by atoms with Crippen LogP contribution in [0.5, 0.6) is 0 Å². The van der Waals surface area contributed by atoms with Crippen molar-refractivity contribution in [2.45, 2.75) is 31.7 Å². The van der Waals surface area contributed by atoms with Crippen LogP contribution in [0.4, 0.5) is 5.82 Å². The van der Waals surface area contributed by atoms with E-state index in [1.165, 1.54) is 11.1 Å². The molecule has 1 N–H and O–H groups in total. The first-order valence-corrected chi connectivity index (χ1v) is 6.70. The summed E-state index contributed by atoms with van der Waals surface area (Å²) in [6, 6.07) is 14.2. The molecule has 1 aromatic heterocycles. The van der Waals surface area contributed by atoms with E-state index in [0.717, 1.165) is 6.42 Å². The van der Waals surface area contributed by atoms with Gasteiger partial charge in [-0.15, -0.1) is 10.2 Å². The van der Waals surface area contributed by atoms with Gasteiger partial charge in [-0.25, -0.2) is 0 Å². The number of hydrogen-bond acceptors (Lipinski definition) is 4. The van der Waals surface area contributed by atoms with Gasteiger partial charge in [-0.3, -0.25) is 0 Å². The van der Waals surface area contributed by atoms with E-state index in [9.17, 15) is 0 Å². The molecule has 0 amide bonds.